The minimum absolute atomic E-state index is 0.122. The Morgan fingerprint density at radius 2 is 0.629 bits per heavy atom. The summed E-state index contributed by atoms with van der Waals surface area (Å²) in [7, 11) is 0. The van der Waals surface area contributed by atoms with Crippen molar-refractivity contribution in [2.24, 2.45) is 0 Å². The second kappa shape index (κ2) is 13.2. The molecule has 0 bridgehead atoms. The molecular formula is C62H46. The maximum atomic E-state index is 2.56. The number of benzene rings is 10. The lowest BCUT2D eigenvalue weighted by atomic mass is 9.73. The van der Waals surface area contributed by atoms with Crippen molar-refractivity contribution in [1.82, 2.24) is 0 Å². The largest absolute Gasteiger partial charge is 0.0683 e. The fourth-order valence-electron chi connectivity index (χ4n) is 12.8. The highest BCUT2D eigenvalue weighted by Crippen LogP contribution is 2.60. The van der Waals surface area contributed by atoms with Gasteiger partial charge in [0.15, 0.2) is 0 Å². The Bertz CT molecular complexity index is 3280. The summed E-state index contributed by atoms with van der Waals surface area (Å²) in [5.41, 5.74) is 22.2. The molecule has 2 atom stereocenters. The van der Waals surface area contributed by atoms with Crippen LogP contribution in [0.1, 0.15) is 71.2 Å². The second-order valence-corrected chi connectivity index (χ2v) is 17.8. The van der Waals surface area contributed by atoms with Gasteiger partial charge < -0.3 is 0 Å². The van der Waals surface area contributed by atoms with Gasteiger partial charge >= 0.3 is 0 Å². The van der Waals surface area contributed by atoms with Crippen LogP contribution in [0.3, 0.4) is 0 Å². The topological polar surface area (TPSA) is 0 Å². The zero-order valence-corrected chi connectivity index (χ0v) is 35.3. The SMILES string of the molecule is CC.c1ccc2c(c1)CCC21c2ccccc2-c2ccc(-c3cc4c5ccccc5c(-c5ccc6c(c5)C5(CCc7ccccc75)c5ccccc5-6)cc4c4ccccc34)cc21. The van der Waals surface area contributed by atoms with Crippen molar-refractivity contribution in [3.05, 3.63) is 239 Å². The highest BCUT2D eigenvalue weighted by Gasteiger charge is 2.49. The van der Waals surface area contributed by atoms with Gasteiger partial charge in [-0.25, -0.2) is 0 Å². The fraction of sp³-hybridized carbons (Fsp3) is 0.129. The molecule has 0 saturated heterocycles. The summed E-state index contributed by atoms with van der Waals surface area (Å²) < 4.78 is 0. The molecule has 0 amide bonds. The minimum atomic E-state index is -0.122. The summed E-state index contributed by atoms with van der Waals surface area (Å²) >= 11 is 0. The van der Waals surface area contributed by atoms with Crippen LogP contribution in [0.2, 0.25) is 0 Å². The molecule has 14 rings (SSSR count). The van der Waals surface area contributed by atoms with Gasteiger partial charge in [-0.3, -0.25) is 0 Å². The molecule has 2 spiro atoms. The first kappa shape index (κ1) is 35.7. The first-order valence-electron chi connectivity index (χ1n) is 22.8. The van der Waals surface area contributed by atoms with Gasteiger partial charge in [0.05, 0.1) is 0 Å². The highest BCUT2D eigenvalue weighted by molar-refractivity contribution is 6.24. The smallest absolute Gasteiger partial charge is 0.0469 e. The summed E-state index contributed by atoms with van der Waals surface area (Å²) in [5, 5.41) is 7.82. The summed E-state index contributed by atoms with van der Waals surface area (Å²) in [6.07, 6.45) is 4.42. The van der Waals surface area contributed by atoms with Gasteiger partial charge in [0.25, 0.3) is 0 Å². The third-order valence-corrected chi connectivity index (χ3v) is 15.3. The summed E-state index contributed by atoms with van der Waals surface area (Å²) in [6.45, 7) is 4.00. The van der Waals surface area contributed by atoms with Crippen LogP contribution in [-0.4, -0.2) is 0 Å². The van der Waals surface area contributed by atoms with Gasteiger partial charge in [-0.2, -0.15) is 0 Å². The van der Waals surface area contributed by atoms with Crippen LogP contribution >= 0.6 is 0 Å². The minimum Gasteiger partial charge on any atom is -0.0683 e. The standard InChI is InChI=1S/C60H40.C2H6/c1-9-21-53-37(13-1)29-31-59(53)55-23-11-7-19-45(55)47-27-25-39(33-57(47)59)49-35-51-44-18-6-4-16-42(44)50(36-52(51)43-17-5-3-15-41(43)49)40-26-28-48-46-20-8-12-24-56(46)60(58(48)34-40)32-30-38-14-2-10-22-54(38)60;1-2/h1-28,33-36H,29-32H2;1-2H3. The van der Waals surface area contributed by atoms with Gasteiger partial charge in [-0.15, -0.1) is 0 Å². The summed E-state index contributed by atoms with van der Waals surface area (Å²) in [4.78, 5) is 0. The quantitative estimate of drug-likeness (QED) is 0.153. The number of hydrogen-bond acceptors (Lipinski definition) is 0. The van der Waals surface area contributed by atoms with Crippen molar-refractivity contribution < 1.29 is 0 Å². The molecule has 4 aliphatic carbocycles. The Kier molecular flexibility index (Phi) is 7.63. The van der Waals surface area contributed by atoms with E-state index in [1.54, 1.807) is 0 Å². The third kappa shape index (κ3) is 4.57. The van der Waals surface area contributed by atoms with Crippen LogP contribution < -0.4 is 0 Å². The van der Waals surface area contributed by atoms with Crippen LogP contribution in [0.4, 0.5) is 0 Å². The van der Waals surface area contributed by atoms with Crippen LogP contribution in [0.5, 0.6) is 0 Å². The van der Waals surface area contributed by atoms with Crippen LogP contribution in [0.15, 0.2) is 194 Å². The molecule has 0 aliphatic heterocycles. The maximum Gasteiger partial charge on any atom is 0.0469 e. The van der Waals surface area contributed by atoms with E-state index in [-0.39, 0.29) is 10.8 Å². The zero-order valence-electron chi connectivity index (χ0n) is 35.3. The van der Waals surface area contributed by atoms with E-state index in [0.717, 1.165) is 25.7 Å². The number of rotatable bonds is 2. The van der Waals surface area contributed by atoms with Crippen LogP contribution in [-0.2, 0) is 23.7 Å². The van der Waals surface area contributed by atoms with Crippen LogP contribution in [0.25, 0.3) is 76.8 Å². The molecule has 0 fully saturated rings. The highest BCUT2D eigenvalue weighted by atomic mass is 14.5. The van der Waals surface area contributed by atoms with Crippen molar-refractivity contribution in [2.45, 2.75) is 50.4 Å². The van der Waals surface area contributed by atoms with Crippen molar-refractivity contribution in [1.29, 1.82) is 0 Å². The van der Waals surface area contributed by atoms with Gasteiger partial charge in [0.2, 0.25) is 0 Å². The molecule has 0 heterocycles. The van der Waals surface area contributed by atoms with Crippen molar-refractivity contribution in [2.75, 3.05) is 0 Å². The molecule has 0 N–H and O–H groups in total. The molecule has 0 nitrogen and oxygen atoms in total. The number of fused-ring (bicyclic) bond motifs is 19. The Balaban J connectivity index is 0.00000193. The van der Waals surface area contributed by atoms with E-state index in [9.17, 15) is 0 Å². The molecular weight excluding hydrogens is 745 g/mol. The van der Waals surface area contributed by atoms with E-state index in [2.05, 4.69) is 194 Å². The van der Waals surface area contributed by atoms with Crippen LogP contribution in [0, 0.1) is 0 Å². The predicted octanol–water partition coefficient (Wildman–Crippen LogP) is 16.0. The first-order valence-corrected chi connectivity index (χ1v) is 22.8. The average Bonchev–Trinajstić information content (AvgIpc) is 4.09. The Morgan fingerprint density at radius 3 is 1.08 bits per heavy atom. The van der Waals surface area contributed by atoms with E-state index in [4.69, 9.17) is 0 Å². The van der Waals surface area contributed by atoms with E-state index in [1.165, 1.54) is 121 Å². The van der Waals surface area contributed by atoms with Gasteiger partial charge in [-0.1, -0.05) is 184 Å². The molecule has 62 heavy (non-hydrogen) atoms. The summed E-state index contributed by atoms with van der Waals surface area (Å²) in [5.74, 6) is 0. The van der Waals surface area contributed by atoms with Gasteiger partial charge in [-0.05, 0) is 171 Å². The second-order valence-electron chi connectivity index (χ2n) is 17.8. The lowest BCUT2D eigenvalue weighted by Crippen LogP contribution is -2.23. The monoisotopic (exact) mass is 790 g/mol. The Morgan fingerprint density at radius 1 is 0.274 bits per heavy atom. The molecule has 10 aromatic carbocycles. The van der Waals surface area contributed by atoms with E-state index < -0.39 is 0 Å². The third-order valence-electron chi connectivity index (χ3n) is 15.3. The van der Waals surface area contributed by atoms with Gasteiger partial charge in [0.1, 0.15) is 0 Å². The normalized spacial score (nSPS) is 18.4. The lowest BCUT2D eigenvalue weighted by molar-refractivity contribution is 0.626. The molecule has 0 saturated carbocycles. The predicted molar refractivity (Wildman–Crippen MR) is 261 cm³/mol. The zero-order chi connectivity index (χ0) is 41.2. The molecule has 10 aromatic rings. The van der Waals surface area contributed by atoms with E-state index in [0.29, 0.717) is 0 Å². The molecule has 294 valence electrons. The number of aryl methyl sites for hydroxylation is 2. The molecule has 2 unspecified atom stereocenters. The lowest BCUT2D eigenvalue weighted by Gasteiger charge is -2.29. The van der Waals surface area contributed by atoms with E-state index >= 15 is 0 Å². The Hall–Kier alpha value is -7.02. The maximum absolute atomic E-state index is 2.56. The molecule has 0 heteroatoms. The molecule has 0 radical (unpaired) electrons. The Labute approximate surface area is 364 Å². The average molecular weight is 791 g/mol. The van der Waals surface area contributed by atoms with Crippen molar-refractivity contribution in [3.63, 3.8) is 0 Å². The number of hydrogen-bond donors (Lipinski definition) is 0. The van der Waals surface area contributed by atoms with Crippen molar-refractivity contribution in [3.8, 4) is 44.5 Å². The summed E-state index contributed by atoms with van der Waals surface area (Å²) in [6, 6.07) is 74.7. The van der Waals surface area contributed by atoms with E-state index in [1.807, 2.05) is 13.8 Å². The molecule has 4 aliphatic rings. The van der Waals surface area contributed by atoms with Gasteiger partial charge in [0, 0.05) is 10.8 Å². The first-order chi connectivity index (χ1) is 30.7. The van der Waals surface area contributed by atoms with Crippen molar-refractivity contribution >= 4 is 32.3 Å². The fourth-order valence-corrected chi connectivity index (χ4v) is 12.8. The molecule has 0 aromatic heterocycles.